The number of ether oxygens (including phenoxy) is 1. The monoisotopic (exact) mass is 426 g/mol. The zero-order valence-corrected chi connectivity index (χ0v) is 19.3. The highest BCUT2D eigenvalue weighted by Gasteiger charge is 2.19. The van der Waals surface area contributed by atoms with Gasteiger partial charge in [-0.05, 0) is 44.5 Å². The van der Waals surface area contributed by atoms with Crippen molar-refractivity contribution in [3.63, 3.8) is 0 Å². The lowest BCUT2D eigenvalue weighted by atomic mass is 9.98. The van der Waals surface area contributed by atoms with Gasteiger partial charge >= 0.3 is 0 Å². The highest BCUT2D eigenvalue weighted by molar-refractivity contribution is 6.02. The van der Waals surface area contributed by atoms with E-state index in [1.165, 1.54) is 20.0 Å². The lowest BCUT2D eigenvalue weighted by Crippen LogP contribution is -2.26. The van der Waals surface area contributed by atoms with Crippen LogP contribution < -0.4 is 16.2 Å². The van der Waals surface area contributed by atoms with Gasteiger partial charge in [-0.25, -0.2) is 4.98 Å². The summed E-state index contributed by atoms with van der Waals surface area (Å²) in [6.45, 7) is 9.67. The molecule has 1 atom stereocenters. The van der Waals surface area contributed by atoms with E-state index in [-0.39, 0.29) is 11.4 Å². The first-order valence-electron chi connectivity index (χ1n) is 10.3. The Hall–Kier alpha value is -3.35. The molecule has 0 aliphatic rings. The molecule has 7 heteroatoms. The highest BCUT2D eigenvalue weighted by atomic mass is 16.5. The molecule has 168 valence electrons. The zero-order valence-electron chi connectivity index (χ0n) is 19.3. The van der Waals surface area contributed by atoms with E-state index >= 15 is 0 Å². The van der Waals surface area contributed by atoms with Gasteiger partial charge in [0.2, 0.25) is 11.8 Å². The Morgan fingerprint density at radius 2 is 1.84 bits per heavy atom. The lowest BCUT2D eigenvalue weighted by Gasteiger charge is -2.16. The summed E-state index contributed by atoms with van der Waals surface area (Å²) >= 11 is 0. The number of phenolic OH excluding ortho intramolecular Hbond substituents is 1. The van der Waals surface area contributed by atoms with Crippen LogP contribution in [0.4, 0.5) is 0 Å². The van der Waals surface area contributed by atoms with Gasteiger partial charge in [-0.15, -0.1) is 0 Å². The van der Waals surface area contributed by atoms with Gasteiger partial charge in [0.25, 0.3) is 0 Å². The van der Waals surface area contributed by atoms with Crippen LogP contribution in [0, 0.1) is 12.8 Å². The molecule has 1 aromatic heterocycles. The van der Waals surface area contributed by atoms with E-state index in [2.05, 4.69) is 23.8 Å². The molecule has 1 aromatic carbocycles. The number of nitrogens with two attached hydrogens (primary N) is 2. The average Bonchev–Trinajstić information content (AvgIpc) is 2.78. The minimum absolute atomic E-state index is 0.0751. The van der Waals surface area contributed by atoms with Crippen LogP contribution in [0.5, 0.6) is 11.6 Å². The Bertz CT molecular complexity index is 950. The third-order valence-electron chi connectivity index (χ3n) is 4.78. The van der Waals surface area contributed by atoms with Crippen LogP contribution in [-0.4, -0.2) is 28.8 Å². The van der Waals surface area contributed by atoms with Gasteiger partial charge < -0.3 is 21.3 Å². The summed E-state index contributed by atoms with van der Waals surface area (Å²) < 4.78 is 5.15. The summed E-state index contributed by atoms with van der Waals surface area (Å²) in [5.41, 5.74) is 15.2. The van der Waals surface area contributed by atoms with E-state index in [1.807, 2.05) is 13.8 Å². The number of unbranched alkanes of at least 4 members (excludes halogenated alkanes) is 1. The molecular formula is C24H34N4O3. The number of benzene rings is 1. The van der Waals surface area contributed by atoms with Crippen molar-refractivity contribution in [2.45, 2.75) is 47.5 Å². The van der Waals surface area contributed by atoms with E-state index in [1.54, 1.807) is 43.5 Å². The maximum absolute atomic E-state index is 11.7. The Labute approximate surface area is 184 Å². The van der Waals surface area contributed by atoms with E-state index in [0.29, 0.717) is 22.9 Å². The minimum atomic E-state index is -0.717. The number of hydrogen-bond acceptors (Lipinski definition) is 6. The van der Waals surface area contributed by atoms with Crippen LogP contribution >= 0.6 is 0 Å². The highest BCUT2D eigenvalue weighted by Crippen LogP contribution is 2.29. The molecule has 2 aromatic rings. The summed E-state index contributed by atoms with van der Waals surface area (Å²) in [4.78, 5) is 20.4. The van der Waals surface area contributed by atoms with Crippen LogP contribution in [0.1, 0.15) is 57.2 Å². The second-order valence-electron chi connectivity index (χ2n) is 7.21. The Kier molecular flexibility index (Phi) is 10.2. The molecule has 0 aliphatic heterocycles. The molecule has 0 saturated carbocycles. The van der Waals surface area contributed by atoms with Crippen molar-refractivity contribution < 1.29 is 14.6 Å². The van der Waals surface area contributed by atoms with Crippen LogP contribution in [0.25, 0.3) is 5.70 Å². The lowest BCUT2D eigenvalue weighted by molar-refractivity contribution is -0.120. The summed E-state index contributed by atoms with van der Waals surface area (Å²) in [5.74, 6) is -0.739. The Morgan fingerprint density at radius 1 is 1.19 bits per heavy atom. The molecule has 1 amide bonds. The predicted molar refractivity (Wildman–Crippen MR) is 126 cm³/mol. The second-order valence-corrected chi connectivity index (χ2v) is 7.21. The number of aryl methyl sites for hydroxylation is 1. The Balaban J connectivity index is 0.00000110. The van der Waals surface area contributed by atoms with Crippen LogP contribution in [0.3, 0.4) is 0 Å². The maximum atomic E-state index is 11.7. The van der Waals surface area contributed by atoms with Crippen molar-refractivity contribution in [3.05, 3.63) is 58.9 Å². The molecule has 5 N–H and O–H groups in total. The number of amides is 1. The zero-order chi connectivity index (χ0) is 23.6. The van der Waals surface area contributed by atoms with Crippen molar-refractivity contribution in [1.29, 1.82) is 0 Å². The number of carbonyl (C=O) groups is 1. The molecule has 0 fully saturated rings. The van der Waals surface area contributed by atoms with Crippen molar-refractivity contribution >= 4 is 17.3 Å². The maximum Gasteiger partial charge on any atom is 0.226 e. The minimum Gasteiger partial charge on any atom is -0.508 e. The van der Waals surface area contributed by atoms with Gasteiger partial charge in [0.15, 0.2) is 0 Å². The number of aromatic hydroxyl groups is 1. The molecule has 31 heavy (non-hydrogen) atoms. The van der Waals surface area contributed by atoms with Gasteiger partial charge in [0, 0.05) is 34.8 Å². The molecule has 0 radical (unpaired) electrons. The van der Waals surface area contributed by atoms with E-state index < -0.39 is 11.8 Å². The quantitative estimate of drug-likeness (QED) is 0.573. The number of hydrogen-bond donors (Lipinski definition) is 3. The number of carbonyl (C=O) groups excluding carboxylic acids is 1. The largest absolute Gasteiger partial charge is 0.508 e. The summed E-state index contributed by atoms with van der Waals surface area (Å²) in [5, 5.41) is 9.91. The fourth-order valence-electron chi connectivity index (χ4n) is 2.48. The van der Waals surface area contributed by atoms with Gasteiger partial charge in [-0.1, -0.05) is 32.8 Å². The third kappa shape index (κ3) is 7.44. The van der Waals surface area contributed by atoms with Crippen LogP contribution in [-0.2, 0) is 4.79 Å². The fraction of sp³-hybridized carbons (Fsp3) is 0.375. The molecule has 2 rings (SSSR count). The van der Waals surface area contributed by atoms with Crippen molar-refractivity contribution in [3.8, 4) is 11.6 Å². The SMILES string of the molecule is CCCC.COc1cc(C(C)=N/C(=C(/N)C(C)C(N)=O)c2cc(O)ccc2C)ccn1. The number of nitrogens with zero attached hydrogens (tertiary/aromatic N) is 2. The van der Waals surface area contributed by atoms with E-state index in [0.717, 1.165) is 11.1 Å². The first-order valence-corrected chi connectivity index (χ1v) is 10.3. The van der Waals surface area contributed by atoms with Crippen molar-refractivity contribution in [1.82, 2.24) is 4.98 Å². The van der Waals surface area contributed by atoms with Crippen molar-refractivity contribution in [2.24, 2.45) is 22.4 Å². The smallest absolute Gasteiger partial charge is 0.226 e. The first-order chi connectivity index (χ1) is 14.7. The second kappa shape index (κ2) is 12.4. The Morgan fingerprint density at radius 3 is 2.39 bits per heavy atom. The summed E-state index contributed by atoms with van der Waals surface area (Å²) in [7, 11) is 1.53. The van der Waals surface area contributed by atoms with Crippen molar-refractivity contribution in [2.75, 3.05) is 7.11 Å². The molecule has 1 unspecified atom stereocenters. The normalized spacial score (nSPS) is 12.9. The topological polar surface area (TPSA) is 124 Å². The van der Waals surface area contributed by atoms with Crippen LogP contribution in [0.15, 0.2) is 47.2 Å². The molecule has 0 saturated heterocycles. The van der Waals surface area contributed by atoms with Gasteiger partial charge in [-0.3, -0.25) is 9.79 Å². The number of pyridine rings is 1. The molecule has 0 aliphatic carbocycles. The van der Waals surface area contributed by atoms with E-state index in [9.17, 15) is 9.90 Å². The van der Waals surface area contributed by atoms with Crippen LogP contribution in [0.2, 0.25) is 0 Å². The number of phenols is 1. The standard InChI is InChI=1S/C20H24N4O3.C4H10/c1-11-5-6-15(25)10-16(11)19(18(21)12(2)20(22)26)24-13(3)14-7-8-23-17(9-14)27-4;1-3-4-2/h5-10,12,25H,21H2,1-4H3,(H2,22,26);3-4H2,1-2H3/b19-18+,24-13?;. The summed E-state index contributed by atoms with van der Waals surface area (Å²) in [6, 6.07) is 8.44. The third-order valence-corrected chi connectivity index (χ3v) is 4.78. The molecule has 7 nitrogen and oxygen atoms in total. The van der Waals surface area contributed by atoms with Gasteiger partial charge in [0.05, 0.1) is 18.7 Å². The number of aromatic nitrogens is 1. The van der Waals surface area contributed by atoms with Gasteiger partial charge in [-0.2, -0.15) is 0 Å². The average molecular weight is 427 g/mol. The number of rotatable bonds is 7. The molecular weight excluding hydrogens is 392 g/mol. The molecule has 0 spiro atoms. The first kappa shape index (κ1) is 25.7. The molecule has 0 bridgehead atoms. The molecule has 1 heterocycles. The number of primary amides is 1. The van der Waals surface area contributed by atoms with E-state index in [4.69, 9.17) is 16.2 Å². The fourth-order valence-corrected chi connectivity index (χ4v) is 2.48. The number of methoxy groups -OCH3 is 1. The van der Waals surface area contributed by atoms with Gasteiger partial charge in [0.1, 0.15) is 5.75 Å². The number of aliphatic imine (C=N–C) groups is 1. The predicted octanol–water partition coefficient (Wildman–Crippen LogP) is 4.17. The summed E-state index contributed by atoms with van der Waals surface area (Å²) in [6.07, 6.45) is 4.26.